The van der Waals surface area contributed by atoms with Crippen LogP contribution in [0.5, 0.6) is 0 Å². The monoisotopic (exact) mass is 485 g/mol. The van der Waals surface area contributed by atoms with Crippen LogP contribution >= 0.6 is 57.4 Å². The summed E-state index contributed by atoms with van der Waals surface area (Å²) in [4.78, 5) is 4.49. The molecule has 8 heteroatoms. The van der Waals surface area contributed by atoms with Gasteiger partial charge in [0.15, 0.2) is 8.32 Å². The van der Waals surface area contributed by atoms with E-state index in [-0.39, 0.29) is 27.0 Å². The summed E-state index contributed by atoms with van der Waals surface area (Å²) in [6, 6.07) is -0.0703. The van der Waals surface area contributed by atoms with Crippen molar-refractivity contribution in [3.05, 3.63) is 0 Å². The molecule has 1 aliphatic heterocycles. The maximum atomic E-state index is 6.45. The Balaban J connectivity index is 2.98. The van der Waals surface area contributed by atoms with Crippen LogP contribution in [0.2, 0.25) is 18.1 Å². The zero-order valence-electron chi connectivity index (χ0n) is 13.2. The molecule has 0 saturated carbocycles. The van der Waals surface area contributed by atoms with Crippen LogP contribution in [0, 0.1) is 0 Å². The fourth-order valence-corrected chi connectivity index (χ4v) is 3.98. The lowest BCUT2D eigenvalue weighted by Gasteiger charge is -2.42. The number of hydrogen-bond donors (Lipinski definition) is 0. The first-order valence-corrected chi connectivity index (χ1v) is 12.1. The lowest BCUT2D eigenvalue weighted by atomic mass is 10.1. The lowest BCUT2D eigenvalue weighted by molar-refractivity contribution is 0.0730. The number of aliphatic imine (C=N–C) groups is 1. The predicted octanol–water partition coefficient (Wildman–Crippen LogP) is 5.37. The standard InChI is InChI=1S/C13H23Cl3INO2Si/c1-8(17)10-9(20-21(5,6)12(2,3)4)7-19-11(18-10)13(14,15)16/h8-10H,7H2,1-6H3/t8-,9-,10+/m1/s1. The van der Waals surface area contributed by atoms with Gasteiger partial charge in [-0.1, -0.05) is 85.1 Å². The highest BCUT2D eigenvalue weighted by molar-refractivity contribution is 14.1. The molecule has 0 unspecified atom stereocenters. The second-order valence-corrected chi connectivity index (χ2v) is 15.8. The molecule has 1 heterocycles. The van der Waals surface area contributed by atoms with Gasteiger partial charge in [0.2, 0.25) is 5.90 Å². The van der Waals surface area contributed by atoms with Gasteiger partial charge in [0, 0.05) is 3.92 Å². The molecule has 0 aliphatic carbocycles. The van der Waals surface area contributed by atoms with Crippen LogP contribution in [0.3, 0.4) is 0 Å². The molecule has 0 aromatic heterocycles. The average Bonchev–Trinajstić information content (AvgIpc) is 2.25. The Morgan fingerprint density at radius 1 is 1.33 bits per heavy atom. The van der Waals surface area contributed by atoms with Crippen molar-refractivity contribution in [2.75, 3.05) is 6.61 Å². The number of alkyl halides is 4. The Morgan fingerprint density at radius 3 is 2.24 bits per heavy atom. The van der Waals surface area contributed by atoms with Crippen LogP contribution in [-0.4, -0.2) is 40.7 Å². The largest absolute Gasteiger partial charge is 0.475 e. The van der Waals surface area contributed by atoms with Crippen LogP contribution < -0.4 is 0 Å². The molecule has 3 atom stereocenters. The highest BCUT2D eigenvalue weighted by Crippen LogP contribution is 2.39. The predicted molar refractivity (Wildman–Crippen MR) is 103 cm³/mol. The van der Waals surface area contributed by atoms with Gasteiger partial charge in [0.05, 0.1) is 6.04 Å². The van der Waals surface area contributed by atoms with Crippen LogP contribution in [-0.2, 0) is 9.16 Å². The maximum Gasteiger partial charge on any atom is 0.266 e. The van der Waals surface area contributed by atoms with Crippen LogP contribution in [0.1, 0.15) is 27.7 Å². The Kier molecular flexibility index (Phi) is 6.77. The lowest BCUT2D eigenvalue weighted by Crippen LogP contribution is -2.52. The Bertz CT molecular complexity index is 405. The molecule has 3 nitrogen and oxygen atoms in total. The summed E-state index contributed by atoms with van der Waals surface area (Å²) in [6.45, 7) is 13.5. The number of rotatable bonds is 3. The molecule has 21 heavy (non-hydrogen) atoms. The number of hydrogen-bond acceptors (Lipinski definition) is 3. The molecule has 0 amide bonds. The molecule has 0 aromatic rings. The fourth-order valence-electron chi connectivity index (χ4n) is 1.73. The van der Waals surface area contributed by atoms with Gasteiger partial charge in [-0.25, -0.2) is 4.99 Å². The van der Waals surface area contributed by atoms with Gasteiger partial charge < -0.3 is 9.16 Å². The van der Waals surface area contributed by atoms with Crippen molar-refractivity contribution in [3.8, 4) is 0 Å². The number of nitrogens with zero attached hydrogens (tertiary/aromatic N) is 1. The van der Waals surface area contributed by atoms with Crippen molar-refractivity contribution in [1.29, 1.82) is 0 Å². The van der Waals surface area contributed by atoms with E-state index in [4.69, 9.17) is 44.0 Å². The minimum atomic E-state index is -1.90. The molecule has 0 spiro atoms. The maximum absolute atomic E-state index is 6.45. The molecule has 0 radical (unpaired) electrons. The van der Waals surface area contributed by atoms with E-state index in [9.17, 15) is 0 Å². The van der Waals surface area contributed by atoms with E-state index in [0.717, 1.165) is 0 Å². The molecule has 0 saturated heterocycles. The second-order valence-electron chi connectivity index (χ2n) is 6.83. The van der Waals surface area contributed by atoms with Gasteiger partial charge in [-0.3, -0.25) is 0 Å². The van der Waals surface area contributed by atoms with Crippen molar-refractivity contribution in [2.45, 2.75) is 65.7 Å². The van der Waals surface area contributed by atoms with Crippen LogP contribution in [0.4, 0.5) is 0 Å². The first-order valence-electron chi connectivity index (χ1n) is 6.85. The number of halogens is 4. The minimum absolute atomic E-state index is 0.0703. The third-order valence-corrected chi connectivity index (χ3v) is 9.72. The summed E-state index contributed by atoms with van der Waals surface area (Å²) in [5.74, 6) is 0.163. The minimum Gasteiger partial charge on any atom is -0.475 e. The van der Waals surface area contributed by atoms with Crippen molar-refractivity contribution in [2.24, 2.45) is 4.99 Å². The van der Waals surface area contributed by atoms with Crippen molar-refractivity contribution in [3.63, 3.8) is 0 Å². The highest BCUT2D eigenvalue weighted by atomic mass is 127. The van der Waals surface area contributed by atoms with Gasteiger partial charge in [-0.15, -0.1) is 0 Å². The van der Waals surface area contributed by atoms with E-state index in [2.05, 4.69) is 68.4 Å². The summed E-state index contributed by atoms with van der Waals surface area (Å²) in [7, 11) is -1.90. The third-order valence-electron chi connectivity index (χ3n) is 4.00. The van der Waals surface area contributed by atoms with E-state index in [1.165, 1.54) is 0 Å². The third kappa shape index (κ3) is 5.38. The molecular weight excluding hydrogens is 463 g/mol. The van der Waals surface area contributed by atoms with Gasteiger partial charge >= 0.3 is 0 Å². The van der Waals surface area contributed by atoms with Gasteiger partial charge in [-0.2, -0.15) is 0 Å². The van der Waals surface area contributed by atoms with E-state index >= 15 is 0 Å². The summed E-state index contributed by atoms with van der Waals surface area (Å²) in [6.07, 6.45) is -0.103. The summed E-state index contributed by atoms with van der Waals surface area (Å²) < 4.78 is 10.6. The summed E-state index contributed by atoms with van der Waals surface area (Å²) >= 11 is 20.0. The molecule has 1 rings (SSSR count). The molecule has 0 fully saturated rings. The Hall–Kier alpha value is 1.25. The average molecular weight is 487 g/mol. The van der Waals surface area contributed by atoms with Crippen LogP contribution in [0.25, 0.3) is 0 Å². The van der Waals surface area contributed by atoms with E-state index < -0.39 is 12.1 Å². The molecule has 0 N–H and O–H groups in total. The van der Waals surface area contributed by atoms with E-state index in [1.54, 1.807) is 0 Å². The fraction of sp³-hybridized carbons (Fsp3) is 0.923. The Labute approximate surface area is 157 Å². The van der Waals surface area contributed by atoms with Gasteiger partial charge in [-0.05, 0) is 18.1 Å². The van der Waals surface area contributed by atoms with Gasteiger partial charge in [0.1, 0.15) is 12.7 Å². The molecular formula is C13H23Cl3INO2Si. The first kappa shape index (κ1) is 20.3. The normalized spacial score (nSPS) is 26.1. The summed E-state index contributed by atoms with van der Waals surface area (Å²) in [5.41, 5.74) is 0. The molecule has 1 aliphatic rings. The van der Waals surface area contributed by atoms with Crippen molar-refractivity contribution < 1.29 is 9.16 Å². The second kappa shape index (κ2) is 7.01. The number of ether oxygens (including phenoxy) is 1. The SMILES string of the molecule is C[C@@H](I)[C@@H]1N=C(C(Cl)(Cl)Cl)OC[C@H]1O[Si](C)(C)C(C)(C)C. The smallest absolute Gasteiger partial charge is 0.266 e. The van der Waals surface area contributed by atoms with Gasteiger partial charge in [0.25, 0.3) is 3.79 Å². The summed E-state index contributed by atoms with van der Waals surface area (Å²) in [5, 5.41) is 0.130. The quantitative estimate of drug-likeness (QED) is 0.305. The zero-order valence-corrected chi connectivity index (χ0v) is 18.6. The van der Waals surface area contributed by atoms with E-state index in [0.29, 0.717) is 6.61 Å². The highest BCUT2D eigenvalue weighted by Gasteiger charge is 2.44. The topological polar surface area (TPSA) is 30.8 Å². The Morgan fingerprint density at radius 2 is 1.86 bits per heavy atom. The molecule has 0 aromatic carbocycles. The van der Waals surface area contributed by atoms with E-state index in [1.807, 2.05) is 0 Å². The van der Waals surface area contributed by atoms with Crippen LogP contribution in [0.15, 0.2) is 4.99 Å². The van der Waals surface area contributed by atoms with Crippen molar-refractivity contribution >= 4 is 71.6 Å². The molecule has 0 bridgehead atoms. The van der Waals surface area contributed by atoms with Crippen molar-refractivity contribution in [1.82, 2.24) is 0 Å². The first-order chi connectivity index (χ1) is 9.25. The zero-order chi connectivity index (χ0) is 16.6. The molecule has 124 valence electrons.